The number of hydrogen-bond acceptors (Lipinski definition) is 2. The van der Waals surface area contributed by atoms with Crippen LogP contribution in [0.1, 0.15) is 30.6 Å². The van der Waals surface area contributed by atoms with Crippen molar-refractivity contribution in [3.05, 3.63) is 34.9 Å². The Kier molecular flexibility index (Phi) is 5.44. The van der Waals surface area contributed by atoms with Crippen molar-refractivity contribution in [1.82, 2.24) is 9.80 Å². The second-order valence-electron chi connectivity index (χ2n) is 5.80. The molecular formula is C16H23ClN2O. The lowest BCUT2D eigenvalue weighted by Crippen LogP contribution is -2.49. The molecule has 1 saturated heterocycles. The molecule has 0 radical (unpaired) electrons. The highest BCUT2D eigenvalue weighted by Gasteiger charge is 2.23. The molecule has 110 valence electrons. The molecule has 1 aromatic carbocycles. The number of halogens is 1. The molecule has 0 spiro atoms. The molecule has 3 nitrogen and oxygen atoms in total. The van der Waals surface area contributed by atoms with Gasteiger partial charge in [0.15, 0.2) is 0 Å². The molecule has 1 aliphatic heterocycles. The summed E-state index contributed by atoms with van der Waals surface area (Å²) in [5, 5.41) is 0.541. The summed E-state index contributed by atoms with van der Waals surface area (Å²) >= 11 is 6.09. The van der Waals surface area contributed by atoms with Gasteiger partial charge in [0.05, 0.1) is 10.6 Å². The van der Waals surface area contributed by atoms with Crippen LogP contribution in [-0.2, 0) is 0 Å². The van der Waals surface area contributed by atoms with Crippen molar-refractivity contribution in [1.29, 1.82) is 0 Å². The molecule has 0 N–H and O–H groups in total. The Balaban J connectivity index is 1.88. The van der Waals surface area contributed by atoms with Gasteiger partial charge in [0.1, 0.15) is 0 Å². The predicted octanol–water partition coefficient (Wildman–Crippen LogP) is 3.14. The van der Waals surface area contributed by atoms with Gasteiger partial charge in [-0.05, 0) is 31.0 Å². The molecule has 1 heterocycles. The molecule has 2 rings (SSSR count). The average Bonchev–Trinajstić information content (AvgIpc) is 2.45. The van der Waals surface area contributed by atoms with E-state index in [-0.39, 0.29) is 5.91 Å². The van der Waals surface area contributed by atoms with E-state index in [9.17, 15) is 4.79 Å². The van der Waals surface area contributed by atoms with Crippen molar-refractivity contribution < 1.29 is 4.79 Å². The van der Waals surface area contributed by atoms with Gasteiger partial charge >= 0.3 is 0 Å². The SMILES string of the molecule is CC(C)CCN1CCN(C(=O)c2ccccc2Cl)CC1. The number of nitrogens with zero attached hydrogens (tertiary/aromatic N) is 2. The highest BCUT2D eigenvalue weighted by molar-refractivity contribution is 6.33. The number of rotatable bonds is 4. The smallest absolute Gasteiger partial charge is 0.255 e. The van der Waals surface area contributed by atoms with Gasteiger partial charge in [-0.15, -0.1) is 0 Å². The fourth-order valence-corrected chi connectivity index (χ4v) is 2.64. The van der Waals surface area contributed by atoms with Crippen LogP contribution in [0.5, 0.6) is 0 Å². The Morgan fingerprint density at radius 2 is 1.85 bits per heavy atom. The van der Waals surface area contributed by atoms with E-state index in [0.717, 1.165) is 38.6 Å². The summed E-state index contributed by atoms with van der Waals surface area (Å²) in [6.07, 6.45) is 1.22. The molecule has 1 fully saturated rings. The maximum Gasteiger partial charge on any atom is 0.255 e. The predicted molar refractivity (Wildman–Crippen MR) is 83.3 cm³/mol. The lowest BCUT2D eigenvalue weighted by molar-refractivity contribution is 0.0632. The molecule has 0 aliphatic carbocycles. The summed E-state index contributed by atoms with van der Waals surface area (Å²) in [5.41, 5.74) is 0.616. The lowest BCUT2D eigenvalue weighted by Gasteiger charge is -2.35. The Hall–Kier alpha value is -1.06. The number of benzene rings is 1. The molecule has 0 bridgehead atoms. The van der Waals surface area contributed by atoms with Crippen molar-refractivity contribution in [3.8, 4) is 0 Å². The summed E-state index contributed by atoms with van der Waals surface area (Å²) in [7, 11) is 0. The van der Waals surface area contributed by atoms with Gasteiger partial charge in [0, 0.05) is 26.2 Å². The fourth-order valence-electron chi connectivity index (χ4n) is 2.42. The van der Waals surface area contributed by atoms with Crippen LogP contribution in [0.4, 0.5) is 0 Å². The zero-order valence-electron chi connectivity index (χ0n) is 12.3. The molecule has 1 aromatic rings. The summed E-state index contributed by atoms with van der Waals surface area (Å²) in [4.78, 5) is 16.8. The summed E-state index contributed by atoms with van der Waals surface area (Å²) < 4.78 is 0. The maximum absolute atomic E-state index is 12.4. The third-order valence-electron chi connectivity index (χ3n) is 3.79. The molecule has 20 heavy (non-hydrogen) atoms. The molecule has 0 atom stereocenters. The van der Waals surface area contributed by atoms with Gasteiger partial charge in [0.2, 0.25) is 0 Å². The summed E-state index contributed by atoms with van der Waals surface area (Å²) in [6, 6.07) is 7.28. The van der Waals surface area contributed by atoms with Crippen molar-refractivity contribution in [2.45, 2.75) is 20.3 Å². The van der Waals surface area contributed by atoms with Crippen LogP contribution in [-0.4, -0.2) is 48.4 Å². The first kappa shape index (κ1) is 15.3. The molecule has 1 amide bonds. The van der Waals surface area contributed by atoms with Gasteiger partial charge in [-0.1, -0.05) is 37.6 Å². The molecule has 0 saturated carbocycles. The minimum atomic E-state index is 0.0547. The van der Waals surface area contributed by atoms with Gasteiger partial charge < -0.3 is 4.90 Å². The minimum Gasteiger partial charge on any atom is -0.336 e. The van der Waals surface area contributed by atoms with E-state index in [1.54, 1.807) is 12.1 Å². The third-order valence-corrected chi connectivity index (χ3v) is 4.12. The van der Waals surface area contributed by atoms with E-state index < -0.39 is 0 Å². The quantitative estimate of drug-likeness (QED) is 0.852. The van der Waals surface area contributed by atoms with Crippen LogP contribution in [0.2, 0.25) is 5.02 Å². The van der Waals surface area contributed by atoms with Crippen LogP contribution in [0.3, 0.4) is 0 Å². The maximum atomic E-state index is 12.4. The molecule has 4 heteroatoms. The highest BCUT2D eigenvalue weighted by atomic mass is 35.5. The van der Waals surface area contributed by atoms with E-state index in [0.29, 0.717) is 10.6 Å². The van der Waals surface area contributed by atoms with Crippen molar-refractivity contribution in [2.75, 3.05) is 32.7 Å². The van der Waals surface area contributed by atoms with Crippen LogP contribution < -0.4 is 0 Å². The van der Waals surface area contributed by atoms with Gasteiger partial charge in [-0.25, -0.2) is 0 Å². The third kappa shape index (κ3) is 3.97. The van der Waals surface area contributed by atoms with Crippen molar-refractivity contribution in [3.63, 3.8) is 0 Å². The Bertz CT molecular complexity index is 454. The minimum absolute atomic E-state index is 0.0547. The topological polar surface area (TPSA) is 23.6 Å². The van der Waals surface area contributed by atoms with Crippen LogP contribution in [0, 0.1) is 5.92 Å². The second-order valence-corrected chi connectivity index (χ2v) is 6.20. The molecule has 1 aliphatic rings. The van der Waals surface area contributed by atoms with E-state index in [2.05, 4.69) is 18.7 Å². The number of hydrogen-bond donors (Lipinski definition) is 0. The van der Waals surface area contributed by atoms with Crippen molar-refractivity contribution in [2.24, 2.45) is 5.92 Å². The Morgan fingerprint density at radius 3 is 2.45 bits per heavy atom. The summed E-state index contributed by atoms with van der Waals surface area (Å²) in [5.74, 6) is 0.789. The number of piperazine rings is 1. The zero-order chi connectivity index (χ0) is 14.5. The fraction of sp³-hybridized carbons (Fsp3) is 0.562. The molecule has 0 unspecified atom stereocenters. The average molecular weight is 295 g/mol. The van der Waals surface area contributed by atoms with E-state index in [1.807, 2.05) is 17.0 Å². The number of carbonyl (C=O) groups is 1. The highest BCUT2D eigenvalue weighted by Crippen LogP contribution is 2.18. The normalized spacial score (nSPS) is 16.7. The number of carbonyl (C=O) groups excluding carboxylic acids is 1. The van der Waals surface area contributed by atoms with Crippen LogP contribution in [0.25, 0.3) is 0 Å². The lowest BCUT2D eigenvalue weighted by atomic mass is 10.1. The van der Waals surface area contributed by atoms with Crippen LogP contribution in [0.15, 0.2) is 24.3 Å². The molecular weight excluding hydrogens is 272 g/mol. The first-order valence-corrected chi connectivity index (χ1v) is 7.72. The van der Waals surface area contributed by atoms with Crippen LogP contribution >= 0.6 is 11.6 Å². The Morgan fingerprint density at radius 1 is 1.20 bits per heavy atom. The van der Waals surface area contributed by atoms with E-state index >= 15 is 0 Å². The number of amides is 1. The second kappa shape index (κ2) is 7.09. The first-order chi connectivity index (χ1) is 9.58. The van der Waals surface area contributed by atoms with E-state index in [4.69, 9.17) is 11.6 Å². The van der Waals surface area contributed by atoms with Gasteiger partial charge in [-0.2, -0.15) is 0 Å². The van der Waals surface area contributed by atoms with Gasteiger partial charge in [0.25, 0.3) is 5.91 Å². The zero-order valence-corrected chi connectivity index (χ0v) is 13.1. The first-order valence-electron chi connectivity index (χ1n) is 7.34. The van der Waals surface area contributed by atoms with Gasteiger partial charge in [-0.3, -0.25) is 9.69 Å². The van der Waals surface area contributed by atoms with Crippen molar-refractivity contribution >= 4 is 17.5 Å². The standard InChI is InChI=1S/C16H23ClN2O/c1-13(2)7-8-18-9-11-19(12-10-18)16(20)14-5-3-4-6-15(14)17/h3-6,13H,7-12H2,1-2H3. The van der Waals surface area contributed by atoms with E-state index in [1.165, 1.54) is 6.42 Å². The molecule has 0 aromatic heterocycles. The summed E-state index contributed by atoms with van der Waals surface area (Å²) in [6.45, 7) is 9.14. The largest absolute Gasteiger partial charge is 0.336 e. The Labute approximate surface area is 126 Å². The monoisotopic (exact) mass is 294 g/mol.